The van der Waals surface area contributed by atoms with Gasteiger partial charge in [0.25, 0.3) is 0 Å². The Bertz CT molecular complexity index is 2940. The maximum atomic E-state index is 2.76. The molecule has 286 valence electrons. The summed E-state index contributed by atoms with van der Waals surface area (Å²) in [5, 5.41) is 3.84. The molecule has 10 rings (SSSR count). The Morgan fingerprint density at radius 2 is 1.12 bits per heavy atom. The molecule has 1 aromatic heterocycles. The average molecular weight is 753 g/mol. The van der Waals surface area contributed by atoms with Gasteiger partial charge in [0.15, 0.2) is 0 Å². The van der Waals surface area contributed by atoms with E-state index in [2.05, 4.69) is 218 Å². The van der Waals surface area contributed by atoms with Crippen molar-refractivity contribution in [2.24, 2.45) is 0 Å². The number of rotatable bonds is 3. The Balaban J connectivity index is 1.44. The lowest BCUT2D eigenvalue weighted by atomic mass is 9.44. The number of hydrogen-bond donors (Lipinski definition) is 0. The third-order valence-electron chi connectivity index (χ3n) is 13.0. The number of aryl methyl sites for hydroxylation is 1. The third kappa shape index (κ3) is 5.46. The zero-order valence-corrected chi connectivity index (χ0v) is 35.8. The number of nitrogens with zero attached hydrogens (tertiary/aromatic N) is 2. The monoisotopic (exact) mass is 752 g/mol. The van der Waals surface area contributed by atoms with Gasteiger partial charge in [-0.05, 0) is 103 Å². The number of anilines is 3. The third-order valence-corrected chi connectivity index (χ3v) is 13.0. The van der Waals surface area contributed by atoms with Crippen molar-refractivity contribution in [3.05, 3.63) is 162 Å². The molecule has 3 heteroatoms. The lowest BCUT2D eigenvalue weighted by Gasteiger charge is -2.42. The van der Waals surface area contributed by atoms with E-state index in [0.717, 1.165) is 0 Å². The Morgan fingerprint density at radius 1 is 0.500 bits per heavy atom. The second kappa shape index (κ2) is 12.6. The van der Waals surface area contributed by atoms with Crippen molar-refractivity contribution in [2.75, 3.05) is 4.90 Å². The lowest BCUT2D eigenvalue weighted by Crippen LogP contribution is -2.57. The highest BCUT2D eigenvalue weighted by atomic mass is 15.2. The zero-order chi connectivity index (χ0) is 40.5. The molecule has 2 aliphatic rings. The van der Waals surface area contributed by atoms with Crippen LogP contribution in [0, 0.1) is 6.92 Å². The van der Waals surface area contributed by atoms with Crippen molar-refractivity contribution in [1.82, 2.24) is 4.48 Å². The minimum Gasteiger partial charge on any atom is -0.375 e. The van der Waals surface area contributed by atoms with Gasteiger partial charge in [0.05, 0.1) is 5.69 Å². The molecule has 0 saturated carbocycles. The summed E-state index contributed by atoms with van der Waals surface area (Å²) in [6.07, 6.45) is 0. The number of fused-ring (bicyclic) bond motifs is 6. The fourth-order valence-corrected chi connectivity index (χ4v) is 9.77. The summed E-state index contributed by atoms with van der Waals surface area (Å²) in [4.78, 5) is 2.61. The molecule has 0 unspecified atom stereocenters. The highest BCUT2D eigenvalue weighted by molar-refractivity contribution is 6.90. The predicted molar refractivity (Wildman–Crippen MR) is 252 cm³/mol. The van der Waals surface area contributed by atoms with Crippen LogP contribution in [0.1, 0.15) is 84.6 Å². The molecule has 0 aliphatic carbocycles. The summed E-state index contributed by atoms with van der Waals surface area (Å²) in [6.45, 7) is 23.3. The van der Waals surface area contributed by atoms with Crippen LogP contribution in [0.2, 0.25) is 0 Å². The minimum absolute atomic E-state index is 0.0537. The molecular formula is C55H53BN2. The molecule has 0 bridgehead atoms. The smallest absolute Gasteiger partial charge is 0.333 e. The topological polar surface area (TPSA) is 8.17 Å². The van der Waals surface area contributed by atoms with Crippen LogP contribution in [0.5, 0.6) is 0 Å². The first-order valence-electron chi connectivity index (χ1n) is 21.1. The Labute approximate surface area is 345 Å². The van der Waals surface area contributed by atoms with Crippen LogP contribution in [0.15, 0.2) is 140 Å². The van der Waals surface area contributed by atoms with Gasteiger partial charge in [-0.3, -0.25) is 0 Å². The summed E-state index contributed by atoms with van der Waals surface area (Å²) in [6, 6.07) is 53.5. The highest BCUT2D eigenvalue weighted by Crippen LogP contribution is 2.52. The standard InChI is InChI=1S/C55H53BN2/c1-34-18-14-16-22-41(34)52-48(36-20-12-11-13-21-36)45-32-38(54(5,6)7)31-44-43-30-39(55(8,9)10)33-47-49(43)56(58(52)50(44)45)46-29-24-35-19-15-17-23-42(35)51(46)57(47)40-27-25-37(26-28-40)53(2,3)4/h11-33H,1-10H3. The molecule has 0 atom stereocenters. The van der Waals surface area contributed by atoms with Gasteiger partial charge in [0.1, 0.15) is 0 Å². The van der Waals surface area contributed by atoms with Crippen molar-refractivity contribution >= 4 is 56.5 Å². The van der Waals surface area contributed by atoms with Crippen molar-refractivity contribution < 1.29 is 0 Å². The summed E-state index contributed by atoms with van der Waals surface area (Å²) < 4.78 is 2.76. The molecular weight excluding hydrogens is 699 g/mol. The Kier molecular flexibility index (Phi) is 7.94. The number of aromatic nitrogens is 1. The fraction of sp³-hybridized carbons (Fsp3) is 0.236. The summed E-state index contributed by atoms with van der Waals surface area (Å²) >= 11 is 0. The second-order valence-corrected chi connectivity index (χ2v) is 19.9. The maximum Gasteiger partial charge on any atom is 0.333 e. The molecule has 7 aromatic carbocycles. The fourth-order valence-electron chi connectivity index (χ4n) is 9.77. The van der Waals surface area contributed by atoms with Crippen LogP contribution in [-0.4, -0.2) is 11.3 Å². The molecule has 2 nitrogen and oxygen atoms in total. The quantitative estimate of drug-likeness (QED) is 0.163. The van der Waals surface area contributed by atoms with Crippen molar-refractivity contribution in [3.8, 4) is 33.5 Å². The molecule has 2 aliphatic heterocycles. The average Bonchev–Trinajstić information content (AvgIpc) is 3.53. The van der Waals surface area contributed by atoms with Gasteiger partial charge >= 0.3 is 6.85 Å². The Morgan fingerprint density at radius 3 is 1.81 bits per heavy atom. The molecule has 0 radical (unpaired) electrons. The van der Waals surface area contributed by atoms with Gasteiger partial charge in [-0.1, -0.05) is 172 Å². The SMILES string of the molecule is Cc1ccccc1-c1c(-c2ccccc2)c2cc(C(C)(C)C)cc3c2n1B1c2ccc4ccccc4c2N(c2ccc(C(C)(C)C)cc2)c2cc(C(C)(C)C)cc-3c21. The van der Waals surface area contributed by atoms with Crippen molar-refractivity contribution in [2.45, 2.75) is 85.5 Å². The largest absolute Gasteiger partial charge is 0.375 e. The van der Waals surface area contributed by atoms with Crippen LogP contribution >= 0.6 is 0 Å². The lowest BCUT2D eigenvalue weighted by molar-refractivity contribution is 0.589. The van der Waals surface area contributed by atoms with Crippen molar-refractivity contribution in [1.29, 1.82) is 0 Å². The normalized spacial score (nSPS) is 13.6. The minimum atomic E-state index is -0.0798. The molecule has 3 heterocycles. The summed E-state index contributed by atoms with van der Waals surface area (Å²) in [5.41, 5.74) is 20.8. The molecule has 0 N–H and O–H groups in total. The molecule has 0 saturated heterocycles. The predicted octanol–water partition coefficient (Wildman–Crippen LogP) is 13.7. The van der Waals surface area contributed by atoms with Crippen LogP contribution in [-0.2, 0) is 16.2 Å². The molecule has 0 amide bonds. The van der Waals surface area contributed by atoms with E-state index in [0.29, 0.717) is 0 Å². The summed E-state index contributed by atoms with van der Waals surface area (Å²) in [5.74, 6) is 0. The zero-order valence-electron chi connectivity index (χ0n) is 35.8. The number of benzene rings is 7. The first kappa shape index (κ1) is 36.5. The van der Waals surface area contributed by atoms with Crippen LogP contribution in [0.4, 0.5) is 17.1 Å². The van der Waals surface area contributed by atoms with E-state index in [9.17, 15) is 0 Å². The molecule has 0 fully saturated rings. The van der Waals surface area contributed by atoms with E-state index in [1.807, 2.05) is 0 Å². The van der Waals surface area contributed by atoms with E-state index >= 15 is 0 Å². The van der Waals surface area contributed by atoms with Gasteiger partial charge in [-0.25, -0.2) is 0 Å². The van der Waals surface area contributed by atoms with Gasteiger partial charge in [-0.15, -0.1) is 0 Å². The highest BCUT2D eigenvalue weighted by Gasteiger charge is 2.45. The van der Waals surface area contributed by atoms with Gasteiger partial charge in [0.2, 0.25) is 0 Å². The molecule has 0 spiro atoms. The van der Waals surface area contributed by atoms with Gasteiger partial charge in [-0.2, -0.15) is 0 Å². The van der Waals surface area contributed by atoms with Gasteiger partial charge in [0, 0.05) is 50.0 Å². The molecule has 58 heavy (non-hydrogen) atoms. The van der Waals surface area contributed by atoms with Crippen LogP contribution < -0.4 is 15.8 Å². The molecule has 8 aromatic rings. The Hall–Kier alpha value is -5.80. The van der Waals surface area contributed by atoms with Crippen LogP contribution in [0.25, 0.3) is 55.2 Å². The van der Waals surface area contributed by atoms with E-state index in [1.54, 1.807) is 0 Å². The first-order chi connectivity index (χ1) is 27.6. The summed E-state index contributed by atoms with van der Waals surface area (Å²) in [7, 11) is 0. The first-order valence-corrected chi connectivity index (χ1v) is 21.1. The van der Waals surface area contributed by atoms with Crippen LogP contribution in [0.3, 0.4) is 0 Å². The second-order valence-electron chi connectivity index (χ2n) is 19.9. The van der Waals surface area contributed by atoms with E-state index in [4.69, 9.17) is 0 Å². The van der Waals surface area contributed by atoms with E-state index in [-0.39, 0.29) is 23.1 Å². The van der Waals surface area contributed by atoms with E-state index in [1.165, 1.54) is 105 Å². The van der Waals surface area contributed by atoms with Gasteiger partial charge < -0.3 is 9.38 Å². The van der Waals surface area contributed by atoms with E-state index < -0.39 is 0 Å². The number of hydrogen-bond acceptors (Lipinski definition) is 1. The maximum absolute atomic E-state index is 2.76. The van der Waals surface area contributed by atoms with Crippen molar-refractivity contribution in [3.63, 3.8) is 0 Å².